The Kier molecular flexibility index (Phi) is 3.87. The number of rotatable bonds is 5. The van der Waals surface area contributed by atoms with E-state index in [1.807, 2.05) is 6.92 Å². The third-order valence-electron chi connectivity index (χ3n) is 2.97. The Balaban J connectivity index is 2.09. The van der Waals surface area contributed by atoms with Crippen molar-refractivity contribution >= 4 is 5.69 Å². The van der Waals surface area contributed by atoms with Crippen molar-refractivity contribution in [1.82, 2.24) is 30.6 Å². The van der Waals surface area contributed by atoms with Crippen LogP contribution in [-0.4, -0.2) is 42.1 Å². The summed E-state index contributed by atoms with van der Waals surface area (Å²) in [6, 6.07) is 4.81. The first-order chi connectivity index (χ1) is 11.2. The lowest BCUT2D eigenvalue weighted by atomic mass is 10.1. The molecule has 3 heterocycles. The zero-order valence-electron chi connectivity index (χ0n) is 12.0. The highest BCUT2D eigenvalue weighted by atomic mass is 16.6. The highest BCUT2D eigenvalue weighted by Gasteiger charge is 2.18. The molecule has 0 amide bonds. The Hall–Kier alpha value is -3.43. The number of ether oxygens (including phenoxy) is 1. The van der Waals surface area contributed by atoms with Gasteiger partial charge in [0.25, 0.3) is 5.69 Å². The van der Waals surface area contributed by atoms with Gasteiger partial charge >= 0.3 is 0 Å². The van der Waals surface area contributed by atoms with Gasteiger partial charge in [0.05, 0.1) is 22.8 Å². The van der Waals surface area contributed by atoms with Gasteiger partial charge in [-0.3, -0.25) is 10.1 Å². The van der Waals surface area contributed by atoms with Crippen LogP contribution in [0.1, 0.15) is 6.92 Å². The van der Waals surface area contributed by atoms with Crippen molar-refractivity contribution in [3.8, 4) is 28.5 Å². The second-order valence-corrected chi connectivity index (χ2v) is 4.40. The standard InChI is InChI=1S/C13H11N7O3/c1-2-23-11-4-3-8(6-14-11)12-10(13-16-18-19-17-13)5-9(7-15-12)20(21)22/h3-7H,2H2,1H3,(H,16,17,18,19). The molecule has 0 saturated carbocycles. The predicted octanol–water partition coefficient (Wildman–Crippen LogP) is 1.63. The van der Waals surface area contributed by atoms with Crippen LogP contribution in [0.25, 0.3) is 22.6 Å². The Morgan fingerprint density at radius 1 is 1.30 bits per heavy atom. The van der Waals surface area contributed by atoms with Crippen molar-refractivity contribution in [3.05, 3.63) is 40.7 Å². The Morgan fingerprint density at radius 3 is 2.78 bits per heavy atom. The fraction of sp³-hybridized carbons (Fsp3) is 0.154. The maximum absolute atomic E-state index is 11.0. The predicted molar refractivity (Wildman–Crippen MR) is 78.5 cm³/mol. The SMILES string of the molecule is CCOc1ccc(-c2ncc([N+](=O)[O-])cc2-c2nn[nH]n2)cn1. The van der Waals surface area contributed by atoms with E-state index in [2.05, 4.69) is 30.6 Å². The Morgan fingerprint density at radius 2 is 2.17 bits per heavy atom. The average Bonchev–Trinajstić information content (AvgIpc) is 3.10. The van der Waals surface area contributed by atoms with E-state index in [9.17, 15) is 10.1 Å². The molecular formula is C13H11N7O3. The van der Waals surface area contributed by atoms with Crippen LogP contribution in [0.15, 0.2) is 30.6 Å². The summed E-state index contributed by atoms with van der Waals surface area (Å²) in [5, 5.41) is 24.5. The van der Waals surface area contributed by atoms with Crippen molar-refractivity contribution < 1.29 is 9.66 Å². The lowest BCUT2D eigenvalue weighted by Gasteiger charge is -2.07. The van der Waals surface area contributed by atoms with Crippen LogP contribution in [0.4, 0.5) is 5.69 Å². The van der Waals surface area contributed by atoms with Crippen molar-refractivity contribution in [2.24, 2.45) is 0 Å². The minimum atomic E-state index is -0.531. The molecule has 3 rings (SSSR count). The van der Waals surface area contributed by atoms with Crippen LogP contribution in [-0.2, 0) is 0 Å². The number of nitrogens with zero attached hydrogens (tertiary/aromatic N) is 6. The van der Waals surface area contributed by atoms with E-state index in [4.69, 9.17) is 4.74 Å². The second kappa shape index (κ2) is 6.13. The zero-order chi connectivity index (χ0) is 16.2. The molecular weight excluding hydrogens is 302 g/mol. The molecule has 23 heavy (non-hydrogen) atoms. The zero-order valence-corrected chi connectivity index (χ0v) is 12.0. The van der Waals surface area contributed by atoms with Gasteiger partial charge in [-0.15, -0.1) is 10.2 Å². The molecule has 116 valence electrons. The molecule has 0 unspecified atom stereocenters. The first kappa shape index (κ1) is 14.5. The van der Waals surface area contributed by atoms with E-state index >= 15 is 0 Å². The van der Waals surface area contributed by atoms with Gasteiger partial charge in [0.2, 0.25) is 11.7 Å². The van der Waals surface area contributed by atoms with E-state index in [0.29, 0.717) is 29.3 Å². The lowest BCUT2D eigenvalue weighted by molar-refractivity contribution is -0.385. The van der Waals surface area contributed by atoms with E-state index in [0.717, 1.165) is 0 Å². The summed E-state index contributed by atoms with van der Waals surface area (Å²) in [6.07, 6.45) is 2.75. The molecule has 10 nitrogen and oxygen atoms in total. The smallest absolute Gasteiger partial charge is 0.288 e. The average molecular weight is 313 g/mol. The number of pyridine rings is 2. The topological polar surface area (TPSA) is 133 Å². The lowest BCUT2D eigenvalue weighted by Crippen LogP contribution is -1.97. The number of nitrogens with one attached hydrogen (secondary N) is 1. The quantitative estimate of drug-likeness (QED) is 0.555. The molecule has 3 aromatic rings. The molecule has 0 aliphatic heterocycles. The van der Waals surface area contributed by atoms with Crippen LogP contribution < -0.4 is 4.74 Å². The van der Waals surface area contributed by atoms with Gasteiger partial charge in [0, 0.05) is 23.9 Å². The molecule has 0 spiro atoms. The maximum atomic E-state index is 11.0. The second-order valence-electron chi connectivity index (χ2n) is 4.40. The molecule has 1 N–H and O–H groups in total. The van der Waals surface area contributed by atoms with Crippen molar-refractivity contribution in [1.29, 1.82) is 0 Å². The van der Waals surface area contributed by atoms with Gasteiger partial charge in [0.1, 0.15) is 6.20 Å². The third-order valence-corrected chi connectivity index (χ3v) is 2.97. The molecule has 10 heteroatoms. The van der Waals surface area contributed by atoms with E-state index in [1.54, 1.807) is 18.3 Å². The van der Waals surface area contributed by atoms with Gasteiger partial charge in [-0.05, 0) is 18.2 Å². The first-order valence-corrected chi connectivity index (χ1v) is 6.66. The summed E-state index contributed by atoms with van der Waals surface area (Å²) in [4.78, 5) is 18.8. The minimum Gasteiger partial charge on any atom is -0.478 e. The molecule has 0 saturated heterocycles. The third kappa shape index (κ3) is 2.95. The van der Waals surface area contributed by atoms with E-state index in [-0.39, 0.29) is 11.5 Å². The number of aromatic nitrogens is 6. The van der Waals surface area contributed by atoms with Crippen LogP contribution >= 0.6 is 0 Å². The number of hydrogen-bond donors (Lipinski definition) is 1. The van der Waals surface area contributed by atoms with Gasteiger partial charge in [-0.1, -0.05) is 0 Å². The van der Waals surface area contributed by atoms with Crippen LogP contribution in [0.2, 0.25) is 0 Å². The summed E-state index contributed by atoms with van der Waals surface area (Å²) in [5.74, 6) is 0.698. The van der Waals surface area contributed by atoms with Gasteiger partial charge in [-0.25, -0.2) is 9.97 Å². The largest absolute Gasteiger partial charge is 0.478 e. The monoisotopic (exact) mass is 313 g/mol. The summed E-state index contributed by atoms with van der Waals surface area (Å²) in [6.45, 7) is 2.37. The van der Waals surface area contributed by atoms with E-state index in [1.165, 1.54) is 12.3 Å². The Bertz CT molecular complexity index is 818. The first-order valence-electron chi connectivity index (χ1n) is 6.66. The highest BCUT2D eigenvalue weighted by Crippen LogP contribution is 2.30. The summed E-state index contributed by atoms with van der Waals surface area (Å²) < 4.78 is 5.29. The van der Waals surface area contributed by atoms with E-state index < -0.39 is 4.92 Å². The number of nitro groups is 1. The Labute approximate surface area is 129 Å². The summed E-state index contributed by atoms with van der Waals surface area (Å²) in [7, 11) is 0. The minimum absolute atomic E-state index is 0.160. The molecule has 0 aliphatic rings. The van der Waals surface area contributed by atoms with Crippen molar-refractivity contribution in [3.63, 3.8) is 0 Å². The normalized spacial score (nSPS) is 10.5. The molecule has 0 atom stereocenters. The number of hydrogen-bond acceptors (Lipinski definition) is 8. The van der Waals surface area contributed by atoms with Gasteiger partial charge in [-0.2, -0.15) is 5.21 Å². The highest BCUT2D eigenvalue weighted by molar-refractivity contribution is 5.78. The van der Waals surface area contributed by atoms with Crippen molar-refractivity contribution in [2.45, 2.75) is 6.92 Å². The molecule has 0 aromatic carbocycles. The van der Waals surface area contributed by atoms with Crippen LogP contribution in [0, 0.1) is 10.1 Å². The summed E-state index contributed by atoms with van der Waals surface area (Å²) >= 11 is 0. The van der Waals surface area contributed by atoms with Gasteiger partial charge < -0.3 is 4.74 Å². The van der Waals surface area contributed by atoms with Crippen molar-refractivity contribution in [2.75, 3.05) is 6.61 Å². The molecule has 0 aliphatic carbocycles. The van der Waals surface area contributed by atoms with Crippen LogP contribution in [0.3, 0.4) is 0 Å². The molecule has 0 fully saturated rings. The van der Waals surface area contributed by atoms with Gasteiger partial charge in [0.15, 0.2) is 0 Å². The molecule has 0 radical (unpaired) electrons. The molecule has 3 aromatic heterocycles. The number of aromatic amines is 1. The number of H-pyrrole nitrogens is 1. The number of tetrazole rings is 1. The summed E-state index contributed by atoms with van der Waals surface area (Å²) in [5.41, 5.74) is 1.35. The fourth-order valence-corrected chi connectivity index (χ4v) is 1.98. The fourth-order valence-electron chi connectivity index (χ4n) is 1.98. The van der Waals surface area contributed by atoms with Crippen LogP contribution in [0.5, 0.6) is 5.88 Å². The maximum Gasteiger partial charge on any atom is 0.288 e. The molecule has 0 bridgehead atoms.